The number of pyridine rings is 1. The van der Waals surface area contributed by atoms with E-state index in [9.17, 15) is 4.79 Å². The largest absolute Gasteiger partial charge is 0.292 e. The van der Waals surface area contributed by atoms with Gasteiger partial charge in [0.25, 0.3) is 0 Å². The molecule has 0 radical (unpaired) electrons. The fraction of sp³-hybridized carbons (Fsp3) is 0.158. The van der Waals surface area contributed by atoms with Gasteiger partial charge in [0.15, 0.2) is 5.78 Å². The van der Waals surface area contributed by atoms with Crippen molar-refractivity contribution < 1.29 is 4.79 Å². The number of hydrogen-bond donors (Lipinski definition) is 0. The number of carbonyl (C=O) groups is 1. The number of aromatic nitrogens is 1. The van der Waals surface area contributed by atoms with Gasteiger partial charge >= 0.3 is 0 Å². The number of alkyl halides is 2. The first-order chi connectivity index (χ1) is 11.2. The predicted molar refractivity (Wildman–Crippen MR) is 101 cm³/mol. The molecule has 4 heteroatoms. The zero-order valence-corrected chi connectivity index (χ0v) is 15.4. The van der Waals surface area contributed by atoms with Gasteiger partial charge in [0.1, 0.15) is 3.74 Å². The van der Waals surface area contributed by atoms with Crippen molar-refractivity contribution in [2.75, 3.05) is 0 Å². The lowest BCUT2D eigenvalue weighted by atomic mass is 9.84. The second kappa shape index (κ2) is 5.84. The Balaban J connectivity index is 2.10. The highest BCUT2D eigenvalue weighted by molar-refractivity contribution is 9.25. The molecule has 1 aliphatic rings. The van der Waals surface area contributed by atoms with Crippen LogP contribution in [-0.2, 0) is 12.8 Å². The number of nitrogens with zero attached hydrogens (tertiary/aromatic N) is 1. The van der Waals surface area contributed by atoms with Crippen LogP contribution in [0.15, 0.2) is 48.5 Å². The van der Waals surface area contributed by atoms with Crippen molar-refractivity contribution >= 4 is 48.5 Å². The first kappa shape index (κ1) is 15.0. The monoisotopic (exact) mass is 429 g/mol. The molecule has 2 aromatic carbocycles. The van der Waals surface area contributed by atoms with Gasteiger partial charge < -0.3 is 0 Å². The minimum absolute atomic E-state index is 0.0548. The normalized spacial score (nSPS) is 13.0. The number of para-hydroxylation sites is 1. The van der Waals surface area contributed by atoms with Gasteiger partial charge in [-0.25, -0.2) is 4.98 Å². The zero-order valence-electron chi connectivity index (χ0n) is 12.2. The second-order valence-corrected chi connectivity index (χ2v) is 8.71. The molecule has 0 unspecified atom stereocenters. The van der Waals surface area contributed by atoms with Crippen molar-refractivity contribution in [2.24, 2.45) is 0 Å². The fourth-order valence-electron chi connectivity index (χ4n) is 3.34. The third-order valence-electron chi connectivity index (χ3n) is 4.35. The van der Waals surface area contributed by atoms with Crippen LogP contribution >= 0.6 is 31.9 Å². The van der Waals surface area contributed by atoms with Crippen LogP contribution in [-0.4, -0.2) is 14.5 Å². The highest BCUT2D eigenvalue weighted by atomic mass is 79.9. The molecule has 0 atom stereocenters. The highest BCUT2D eigenvalue weighted by Gasteiger charge is 2.27. The minimum atomic E-state index is -0.387. The third kappa shape index (κ3) is 2.45. The molecule has 1 aliphatic carbocycles. The summed E-state index contributed by atoms with van der Waals surface area (Å²) in [6, 6.07) is 16.2. The van der Waals surface area contributed by atoms with E-state index < -0.39 is 0 Å². The first-order valence-corrected chi connectivity index (χ1v) is 9.32. The Kier molecular flexibility index (Phi) is 3.82. The maximum absolute atomic E-state index is 12.8. The first-order valence-electron chi connectivity index (χ1n) is 7.49. The van der Waals surface area contributed by atoms with Gasteiger partial charge in [-0.1, -0.05) is 74.3 Å². The second-order valence-electron chi connectivity index (χ2n) is 5.65. The third-order valence-corrected chi connectivity index (χ3v) is 5.19. The number of rotatable bonds is 2. The fourth-order valence-corrected chi connectivity index (χ4v) is 3.80. The average molecular weight is 431 g/mol. The molecule has 1 aromatic heterocycles. The average Bonchev–Trinajstić information content (AvgIpc) is 2.59. The van der Waals surface area contributed by atoms with E-state index in [4.69, 9.17) is 4.98 Å². The number of Topliss-reactive ketones (excluding diaryl/α,β-unsaturated/α-hetero) is 1. The molecule has 1 heterocycles. The summed E-state index contributed by atoms with van der Waals surface area (Å²) in [5.41, 5.74) is 6.13. The van der Waals surface area contributed by atoms with Crippen molar-refractivity contribution in [1.29, 1.82) is 0 Å². The lowest BCUT2D eigenvalue weighted by Gasteiger charge is -2.23. The molecule has 0 saturated carbocycles. The van der Waals surface area contributed by atoms with E-state index in [0.29, 0.717) is 0 Å². The lowest BCUT2D eigenvalue weighted by molar-refractivity contribution is 0.101. The molecule has 23 heavy (non-hydrogen) atoms. The number of carbonyl (C=O) groups excluding carboxylic acids is 1. The molecule has 2 nitrogen and oxygen atoms in total. The molecular weight excluding hydrogens is 418 g/mol. The Hall–Kier alpha value is -1.52. The maximum Gasteiger partial charge on any atom is 0.188 e. The van der Waals surface area contributed by atoms with Gasteiger partial charge in [0.05, 0.1) is 11.2 Å². The van der Waals surface area contributed by atoms with Crippen molar-refractivity contribution in [3.63, 3.8) is 0 Å². The van der Waals surface area contributed by atoms with Gasteiger partial charge in [0.2, 0.25) is 0 Å². The summed E-state index contributed by atoms with van der Waals surface area (Å²) >= 11 is 6.74. The van der Waals surface area contributed by atoms with E-state index in [-0.39, 0.29) is 9.52 Å². The Bertz CT molecular complexity index is 934. The van der Waals surface area contributed by atoms with Crippen LogP contribution in [0.5, 0.6) is 0 Å². The Morgan fingerprint density at radius 1 is 1.00 bits per heavy atom. The predicted octanol–water partition coefficient (Wildman–Crippen LogP) is 5.30. The summed E-state index contributed by atoms with van der Waals surface area (Å²) in [5.74, 6) is 0.0548. The molecular formula is C19H13Br2NO. The minimum Gasteiger partial charge on any atom is -0.292 e. The molecule has 0 aliphatic heterocycles. The van der Waals surface area contributed by atoms with Crippen molar-refractivity contribution in [2.45, 2.75) is 16.6 Å². The molecule has 3 aromatic rings. The van der Waals surface area contributed by atoms with Crippen LogP contribution < -0.4 is 0 Å². The van der Waals surface area contributed by atoms with Crippen LogP contribution in [0.1, 0.15) is 21.5 Å². The summed E-state index contributed by atoms with van der Waals surface area (Å²) in [6.07, 6.45) is 1.79. The standard InChI is InChI=1S/C19H13Br2NO/c20-19(21)18(23)16-13-7-3-4-8-15(13)22-17-12-6-2-1-5-11(12)9-10-14(16)17/h1-8,19H,9-10H2. The molecule has 0 fully saturated rings. The highest BCUT2D eigenvalue weighted by Crippen LogP contribution is 2.38. The maximum atomic E-state index is 12.8. The summed E-state index contributed by atoms with van der Waals surface area (Å²) < 4.78 is -0.387. The number of hydrogen-bond acceptors (Lipinski definition) is 2. The van der Waals surface area contributed by atoms with E-state index in [1.54, 1.807) is 0 Å². The van der Waals surface area contributed by atoms with Gasteiger partial charge in [-0.2, -0.15) is 0 Å². The molecule has 0 spiro atoms. The van der Waals surface area contributed by atoms with Crippen molar-refractivity contribution in [3.8, 4) is 11.3 Å². The summed E-state index contributed by atoms with van der Waals surface area (Å²) in [6.45, 7) is 0. The van der Waals surface area contributed by atoms with Crippen LogP contribution in [0.25, 0.3) is 22.2 Å². The number of benzene rings is 2. The van der Waals surface area contributed by atoms with E-state index in [0.717, 1.165) is 46.1 Å². The van der Waals surface area contributed by atoms with Crippen molar-refractivity contribution in [1.82, 2.24) is 4.98 Å². The molecule has 0 bridgehead atoms. The Morgan fingerprint density at radius 2 is 1.74 bits per heavy atom. The summed E-state index contributed by atoms with van der Waals surface area (Å²) in [7, 11) is 0. The number of ketones is 1. The van der Waals surface area contributed by atoms with E-state index in [1.165, 1.54) is 5.56 Å². The van der Waals surface area contributed by atoms with Crippen LogP contribution in [0, 0.1) is 0 Å². The summed E-state index contributed by atoms with van der Waals surface area (Å²) in [5, 5.41) is 0.930. The SMILES string of the molecule is O=C(c1c2c(nc3ccccc13)-c1ccccc1CC2)C(Br)Br. The molecule has 114 valence electrons. The molecule has 0 saturated heterocycles. The molecule has 0 N–H and O–H groups in total. The number of fused-ring (bicyclic) bond motifs is 4. The molecule has 4 rings (SSSR count). The quantitative estimate of drug-likeness (QED) is 0.408. The number of aryl methyl sites for hydroxylation is 1. The van der Waals surface area contributed by atoms with Crippen LogP contribution in [0.2, 0.25) is 0 Å². The van der Waals surface area contributed by atoms with Gasteiger partial charge in [-0.05, 0) is 30.0 Å². The Labute approximate surface area is 151 Å². The van der Waals surface area contributed by atoms with E-state index in [1.807, 2.05) is 30.3 Å². The lowest BCUT2D eigenvalue weighted by Crippen LogP contribution is -2.16. The van der Waals surface area contributed by atoms with Crippen molar-refractivity contribution in [3.05, 3.63) is 65.2 Å². The summed E-state index contributed by atoms with van der Waals surface area (Å²) in [4.78, 5) is 17.7. The van der Waals surface area contributed by atoms with E-state index >= 15 is 0 Å². The van der Waals surface area contributed by atoms with Gasteiger partial charge in [0, 0.05) is 16.5 Å². The number of halogens is 2. The topological polar surface area (TPSA) is 30.0 Å². The van der Waals surface area contributed by atoms with E-state index in [2.05, 4.69) is 50.1 Å². The zero-order chi connectivity index (χ0) is 16.0. The smallest absolute Gasteiger partial charge is 0.188 e. The van der Waals surface area contributed by atoms with Crippen LogP contribution in [0.3, 0.4) is 0 Å². The molecule has 0 amide bonds. The van der Waals surface area contributed by atoms with Gasteiger partial charge in [-0.15, -0.1) is 0 Å². The van der Waals surface area contributed by atoms with Crippen LogP contribution in [0.4, 0.5) is 0 Å². The Morgan fingerprint density at radius 3 is 2.57 bits per heavy atom. The van der Waals surface area contributed by atoms with Gasteiger partial charge in [-0.3, -0.25) is 4.79 Å².